The quantitative estimate of drug-likeness (QED) is 0.464. The zero-order chi connectivity index (χ0) is 21.2. The van der Waals surface area contributed by atoms with Gasteiger partial charge in [0.15, 0.2) is 17.5 Å². The fraction of sp³-hybridized carbons (Fsp3) is 0.364. The molecule has 29 heavy (non-hydrogen) atoms. The van der Waals surface area contributed by atoms with Gasteiger partial charge >= 0.3 is 0 Å². The topological polar surface area (TPSA) is 84.0 Å². The highest BCUT2D eigenvalue weighted by Crippen LogP contribution is 2.30. The van der Waals surface area contributed by atoms with Crippen molar-refractivity contribution in [1.29, 1.82) is 0 Å². The molecule has 0 unspecified atom stereocenters. The number of anilines is 2. The lowest BCUT2D eigenvalue weighted by atomic mass is 10.1. The van der Waals surface area contributed by atoms with Gasteiger partial charge in [-0.25, -0.2) is 0 Å². The van der Waals surface area contributed by atoms with Crippen LogP contribution in [-0.4, -0.2) is 32.6 Å². The fourth-order valence-electron chi connectivity index (χ4n) is 2.52. The number of amides is 1. The minimum atomic E-state index is -0.0491. The number of nitrogens with zero attached hydrogens (tertiary/aromatic N) is 1. The second-order valence-corrected chi connectivity index (χ2v) is 6.69. The fourth-order valence-corrected chi connectivity index (χ4v) is 2.52. The number of hydrogen-bond acceptors (Lipinski definition) is 4. The van der Waals surface area contributed by atoms with Crippen LogP contribution in [0, 0.1) is 5.92 Å². The zero-order valence-corrected chi connectivity index (χ0v) is 17.7. The largest absolute Gasteiger partial charge is 0.493 e. The van der Waals surface area contributed by atoms with Crippen LogP contribution >= 0.6 is 0 Å². The Morgan fingerprint density at radius 1 is 1.03 bits per heavy atom. The summed E-state index contributed by atoms with van der Waals surface area (Å²) in [5.74, 6) is 1.95. The molecule has 2 aromatic carbocycles. The van der Waals surface area contributed by atoms with E-state index in [9.17, 15) is 4.79 Å². The van der Waals surface area contributed by atoms with Crippen molar-refractivity contribution >= 4 is 23.2 Å². The molecule has 7 nitrogen and oxygen atoms in total. The van der Waals surface area contributed by atoms with Crippen LogP contribution in [-0.2, 0) is 11.3 Å². The summed E-state index contributed by atoms with van der Waals surface area (Å²) >= 11 is 0. The summed E-state index contributed by atoms with van der Waals surface area (Å²) < 4.78 is 10.9. The lowest BCUT2D eigenvalue weighted by Crippen LogP contribution is -2.30. The standard InChI is InChI=1S/C22H30N4O3/c1-6-29-20-13-18(11-12-19(20)28-5)26-22(23-4)24-14-16-7-9-17(10-8-16)25-21(27)15(2)3/h7-13,15H,6,14H2,1-5H3,(H,25,27)(H2,23,24,26). The van der Waals surface area contributed by atoms with Gasteiger partial charge < -0.3 is 25.4 Å². The van der Waals surface area contributed by atoms with Crippen LogP contribution in [0.25, 0.3) is 0 Å². The van der Waals surface area contributed by atoms with Crippen LogP contribution in [0.15, 0.2) is 47.5 Å². The number of aliphatic imine (C=N–C) groups is 1. The van der Waals surface area contributed by atoms with Gasteiger partial charge in [-0.3, -0.25) is 9.79 Å². The van der Waals surface area contributed by atoms with E-state index in [0.717, 1.165) is 16.9 Å². The maximum absolute atomic E-state index is 11.8. The molecule has 0 atom stereocenters. The Labute approximate surface area is 172 Å². The van der Waals surface area contributed by atoms with E-state index >= 15 is 0 Å². The Kier molecular flexibility index (Phi) is 8.33. The van der Waals surface area contributed by atoms with Gasteiger partial charge in [-0.05, 0) is 36.8 Å². The highest BCUT2D eigenvalue weighted by atomic mass is 16.5. The van der Waals surface area contributed by atoms with Gasteiger partial charge in [0.2, 0.25) is 5.91 Å². The molecule has 0 fully saturated rings. The van der Waals surface area contributed by atoms with E-state index in [1.807, 2.05) is 63.2 Å². The minimum absolute atomic E-state index is 0.00592. The van der Waals surface area contributed by atoms with Gasteiger partial charge in [-0.15, -0.1) is 0 Å². The van der Waals surface area contributed by atoms with Crippen molar-refractivity contribution in [2.75, 3.05) is 31.4 Å². The summed E-state index contributed by atoms with van der Waals surface area (Å²) in [5, 5.41) is 9.40. The lowest BCUT2D eigenvalue weighted by molar-refractivity contribution is -0.118. The van der Waals surface area contributed by atoms with Crippen LogP contribution in [0.3, 0.4) is 0 Å². The summed E-state index contributed by atoms with van der Waals surface area (Å²) in [4.78, 5) is 16.0. The average Bonchev–Trinajstić information content (AvgIpc) is 2.72. The van der Waals surface area contributed by atoms with E-state index in [2.05, 4.69) is 20.9 Å². The average molecular weight is 399 g/mol. The molecular formula is C22H30N4O3. The number of carbonyl (C=O) groups is 1. The normalized spacial score (nSPS) is 11.2. The van der Waals surface area contributed by atoms with Crippen LogP contribution in [0.1, 0.15) is 26.3 Å². The maximum Gasteiger partial charge on any atom is 0.226 e. The number of carbonyl (C=O) groups excluding carboxylic acids is 1. The van der Waals surface area contributed by atoms with E-state index in [-0.39, 0.29) is 11.8 Å². The number of benzene rings is 2. The van der Waals surface area contributed by atoms with Crippen molar-refractivity contribution in [3.63, 3.8) is 0 Å². The lowest BCUT2D eigenvalue weighted by Gasteiger charge is -2.15. The Hall–Kier alpha value is -3.22. The molecule has 0 spiro atoms. The second kappa shape index (κ2) is 10.9. The van der Waals surface area contributed by atoms with Gasteiger partial charge in [-0.1, -0.05) is 26.0 Å². The molecule has 0 heterocycles. The number of guanidine groups is 1. The summed E-state index contributed by atoms with van der Waals surface area (Å²) in [6.45, 7) is 6.81. The maximum atomic E-state index is 11.8. The zero-order valence-electron chi connectivity index (χ0n) is 17.7. The molecule has 0 radical (unpaired) electrons. The van der Waals surface area contributed by atoms with Crippen LogP contribution in [0.5, 0.6) is 11.5 Å². The van der Waals surface area contributed by atoms with Gasteiger partial charge in [-0.2, -0.15) is 0 Å². The number of rotatable bonds is 8. The molecule has 2 aromatic rings. The molecule has 0 saturated carbocycles. The molecule has 0 aliphatic carbocycles. The van der Waals surface area contributed by atoms with Crippen molar-refractivity contribution < 1.29 is 14.3 Å². The highest BCUT2D eigenvalue weighted by molar-refractivity contribution is 5.94. The molecule has 2 rings (SSSR count). The van der Waals surface area contributed by atoms with Crippen LogP contribution in [0.2, 0.25) is 0 Å². The first-order valence-electron chi connectivity index (χ1n) is 9.65. The van der Waals surface area contributed by atoms with Crippen molar-refractivity contribution in [3.8, 4) is 11.5 Å². The predicted octanol–water partition coefficient (Wildman–Crippen LogP) is 3.88. The van der Waals surface area contributed by atoms with E-state index < -0.39 is 0 Å². The van der Waals surface area contributed by atoms with E-state index in [4.69, 9.17) is 9.47 Å². The van der Waals surface area contributed by atoms with E-state index in [0.29, 0.717) is 30.6 Å². The van der Waals surface area contributed by atoms with Crippen LogP contribution in [0.4, 0.5) is 11.4 Å². The van der Waals surface area contributed by atoms with Crippen molar-refractivity contribution in [2.45, 2.75) is 27.3 Å². The summed E-state index contributed by atoms with van der Waals surface area (Å²) in [6, 6.07) is 13.4. The Bertz CT molecular complexity index is 832. The van der Waals surface area contributed by atoms with Gasteiger partial charge in [0.25, 0.3) is 0 Å². The third kappa shape index (κ3) is 6.71. The third-order valence-corrected chi connectivity index (χ3v) is 4.16. The predicted molar refractivity (Wildman–Crippen MR) is 118 cm³/mol. The number of hydrogen-bond donors (Lipinski definition) is 3. The molecule has 3 N–H and O–H groups in total. The van der Waals surface area contributed by atoms with Crippen molar-refractivity contribution in [2.24, 2.45) is 10.9 Å². The molecule has 0 saturated heterocycles. The third-order valence-electron chi connectivity index (χ3n) is 4.16. The Morgan fingerprint density at radius 2 is 1.72 bits per heavy atom. The first-order chi connectivity index (χ1) is 14.0. The summed E-state index contributed by atoms with van der Waals surface area (Å²) in [6.07, 6.45) is 0. The number of nitrogens with one attached hydrogen (secondary N) is 3. The van der Waals surface area contributed by atoms with E-state index in [1.165, 1.54) is 0 Å². The SMILES string of the molecule is CCOc1cc(NC(=NC)NCc2ccc(NC(=O)C(C)C)cc2)ccc1OC. The molecule has 0 aliphatic rings. The molecule has 0 aliphatic heterocycles. The first-order valence-corrected chi connectivity index (χ1v) is 9.65. The number of methoxy groups -OCH3 is 1. The smallest absolute Gasteiger partial charge is 0.226 e. The molecule has 156 valence electrons. The summed E-state index contributed by atoms with van der Waals surface area (Å²) in [7, 11) is 3.33. The van der Waals surface area contributed by atoms with E-state index in [1.54, 1.807) is 14.2 Å². The van der Waals surface area contributed by atoms with Crippen molar-refractivity contribution in [1.82, 2.24) is 5.32 Å². The second-order valence-electron chi connectivity index (χ2n) is 6.69. The van der Waals surface area contributed by atoms with Gasteiger partial charge in [0, 0.05) is 37.0 Å². The molecule has 7 heteroatoms. The minimum Gasteiger partial charge on any atom is -0.493 e. The highest BCUT2D eigenvalue weighted by Gasteiger charge is 2.08. The summed E-state index contributed by atoms with van der Waals surface area (Å²) in [5.41, 5.74) is 2.70. The van der Waals surface area contributed by atoms with Crippen molar-refractivity contribution in [3.05, 3.63) is 48.0 Å². The van der Waals surface area contributed by atoms with Gasteiger partial charge in [0.05, 0.1) is 13.7 Å². The molecular weight excluding hydrogens is 368 g/mol. The Morgan fingerprint density at radius 3 is 2.31 bits per heavy atom. The van der Waals surface area contributed by atoms with Crippen LogP contribution < -0.4 is 25.4 Å². The first kappa shape index (κ1) is 22.1. The monoisotopic (exact) mass is 398 g/mol. The Balaban J connectivity index is 1.95. The molecule has 0 bridgehead atoms. The molecule has 0 aromatic heterocycles. The number of ether oxygens (including phenoxy) is 2. The van der Waals surface area contributed by atoms with Gasteiger partial charge in [0.1, 0.15) is 0 Å². The molecule has 1 amide bonds.